The fourth-order valence-electron chi connectivity index (χ4n) is 3.42. The third-order valence-electron chi connectivity index (χ3n) is 5.46. The van der Waals surface area contributed by atoms with Crippen LogP contribution in [0.1, 0.15) is 0 Å². The Morgan fingerprint density at radius 1 is 0.865 bits per heavy atom. The molecule has 2 aliphatic rings. The summed E-state index contributed by atoms with van der Waals surface area (Å²) >= 11 is 0. The van der Waals surface area contributed by atoms with Crippen molar-refractivity contribution in [3.8, 4) is 5.75 Å². The molecule has 1 aromatic rings. The predicted molar refractivity (Wildman–Crippen MR) is 117 cm³/mol. The molecule has 17 nitrogen and oxygen atoms in total. The maximum Gasteiger partial charge on any atom is 0.474 e. The summed E-state index contributed by atoms with van der Waals surface area (Å²) in [5, 5.41) is 79.8. The van der Waals surface area contributed by atoms with Crippen molar-refractivity contribution in [1.82, 2.24) is 0 Å². The molecule has 0 spiro atoms. The number of rotatable bonds is 9. The molecule has 11 atom stereocenters. The summed E-state index contributed by atoms with van der Waals surface area (Å²) in [5.74, 6) is -0.00770. The van der Waals surface area contributed by atoms with Crippen molar-refractivity contribution in [2.75, 3.05) is 13.2 Å². The van der Waals surface area contributed by atoms with Crippen LogP contribution < -0.4 is 4.74 Å². The van der Waals surface area contributed by atoms with Gasteiger partial charge in [-0.15, -0.1) is 0 Å². The molecule has 0 aliphatic carbocycles. The number of nitro groups is 1. The van der Waals surface area contributed by atoms with Gasteiger partial charge in [-0.1, -0.05) is 0 Å². The number of phosphoric acid groups is 1. The van der Waals surface area contributed by atoms with Crippen molar-refractivity contribution < 1.29 is 73.4 Å². The van der Waals surface area contributed by atoms with Crippen LogP contribution in [0.3, 0.4) is 0 Å². The molecule has 19 heteroatoms. The molecular weight excluding hydrogens is 540 g/mol. The predicted octanol–water partition coefficient (Wildman–Crippen LogP) is -3.67. The van der Waals surface area contributed by atoms with Crippen LogP contribution >= 0.6 is 7.82 Å². The number of aliphatic hydroxyl groups is 7. The summed E-state index contributed by atoms with van der Waals surface area (Å²) in [6.07, 6.45) is -17.7. The Bertz CT molecular complexity index is 939. The van der Waals surface area contributed by atoms with Crippen molar-refractivity contribution >= 4 is 43.1 Å². The summed E-state index contributed by atoms with van der Waals surface area (Å²) in [6, 6.07) is 4.59. The first kappa shape index (κ1) is 32.4. The number of phosphoric ester groups is 1. The number of ether oxygens (including phenoxy) is 3. The minimum atomic E-state index is -5.11. The minimum Gasteiger partial charge on any atom is -0.462 e. The van der Waals surface area contributed by atoms with E-state index in [1.54, 1.807) is 0 Å². The number of aliphatic hydroxyl groups excluding tert-OH is 7. The summed E-state index contributed by atoms with van der Waals surface area (Å²) in [7, 11) is -5.11. The molecule has 205 valence electrons. The molecule has 8 N–H and O–H groups in total. The van der Waals surface area contributed by atoms with E-state index in [1.165, 1.54) is 12.1 Å². The first-order valence-electron chi connectivity index (χ1n) is 10.4. The van der Waals surface area contributed by atoms with Gasteiger partial charge in [-0.2, -0.15) is 0 Å². The van der Waals surface area contributed by atoms with Gasteiger partial charge >= 0.3 is 7.82 Å². The minimum absolute atomic E-state index is 0. The molecule has 0 bridgehead atoms. The van der Waals surface area contributed by atoms with E-state index in [-0.39, 0.29) is 41.0 Å². The largest absolute Gasteiger partial charge is 0.474 e. The van der Waals surface area contributed by atoms with Crippen molar-refractivity contribution in [2.24, 2.45) is 0 Å². The maximum absolute atomic E-state index is 12.3. The van der Waals surface area contributed by atoms with Gasteiger partial charge in [0.25, 0.3) is 5.69 Å². The van der Waals surface area contributed by atoms with Crippen LogP contribution in [0.4, 0.5) is 5.69 Å². The topological polar surface area (TPSA) is 268 Å². The summed E-state index contributed by atoms with van der Waals surface area (Å²) in [5.41, 5.74) is -0.243. The second-order valence-corrected chi connectivity index (χ2v) is 9.36. The van der Waals surface area contributed by atoms with E-state index >= 15 is 0 Å². The third kappa shape index (κ3) is 7.86. The maximum atomic E-state index is 12.3. The van der Waals surface area contributed by atoms with E-state index in [2.05, 4.69) is 4.52 Å². The Labute approximate surface area is 230 Å². The van der Waals surface area contributed by atoms with Crippen LogP contribution in [-0.2, 0) is 23.1 Å². The van der Waals surface area contributed by atoms with E-state index in [4.69, 9.17) is 18.7 Å². The van der Waals surface area contributed by atoms with Crippen LogP contribution in [0.5, 0.6) is 5.75 Å². The second kappa shape index (κ2) is 13.5. The molecule has 1 aromatic carbocycles. The Balaban J connectivity index is 0.00000481. The van der Waals surface area contributed by atoms with Gasteiger partial charge in [0.15, 0.2) is 6.29 Å². The number of hydrogen-bond acceptors (Lipinski definition) is 15. The normalized spacial score (nSPS) is 37.7. The fourth-order valence-corrected chi connectivity index (χ4v) is 4.25. The molecule has 0 saturated carbocycles. The number of non-ortho nitro benzene ring substituents is 1. The summed E-state index contributed by atoms with van der Waals surface area (Å²) < 4.78 is 37.4. The average molecular weight is 566 g/mol. The van der Waals surface area contributed by atoms with Gasteiger partial charge in [0, 0.05) is 41.7 Å². The fraction of sp³-hybridized carbons (Fsp3) is 0.667. The molecule has 0 aromatic heterocycles. The van der Waals surface area contributed by atoms with Crippen molar-refractivity contribution in [1.29, 1.82) is 0 Å². The van der Waals surface area contributed by atoms with Crippen LogP contribution in [0.15, 0.2) is 24.3 Å². The van der Waals surface area contributed by atoms with E-state index in [1.807, 2.05) is 0 Å². The zero-order chi connectivity index (χ0) is 26.8. The first-order valence-corrected chi connectivity index (χ1v) is 11.9. The van der Waals surface area contributed by atoms with E-state index in [0.717, 1.165) is 12.1 Å². The molecular formula is C18H26NNaO16P. The quantitative estimate of drug-likeness (QED) is 0.0619. The van der Waals surface area contributed by atoms with Gasteiger partial charge in [-0.3, -0.25) is 19.2 Å². The Morgan fingerprint density at radius 2 is 1.38 bits per heavy atom. The second-order valence-electron chi connectivity index (χ2n) is 7.95. The average Bonchev–Trinajstić information content (AvgIpc) is 2.84. The van der Waals surface area contributed by atoms with Crippen LogP contribution in [0.25, 0.3) is 0 Å². The molecule has 2 fully saturated rings. The van der Waals surface area contributed by atoms with Gasteiger partial charge < -0.3 is 54.8 Å². The van der Waals surface area contributed by atoms with Crippen molar-refractivity contribution in [3.05, 3.63) is 34.4 Å². The van der Waals surface area contributed by atoms with E-state index < -0.39 is 87.4 Å². The van der Waals surface area contributed by atoms with E-state index in [9.17, 15) is 55.3 Å². The molecule has 2 aliphatic heterocycles. The smallest absolute Gasteiger partial charge is 0.462 e. The Hall–Kier alpha value is -0.830. The monoisotopic (exact) mass is 566 g/mol. The summed E-state index contributed by atoms with van der Waals surface area (Å²) in [6.45, 7) is -1.74. The van der Waals surface area contributed by atoms with E-state index in [0.29, 0.717) is 0 Å². The van der Waals surface area contributed by atoms with Gasteiger partial charge in [0.05, 0.1) is 18.1 Å². The molecule has 37 heavy (non-hydrogen) atoms. The molecule has 2 saturated heterocycles. The van der Waals surface area contributed by atoms with Crippen molar-refractivity contribution in [3.63, 3.8) is 0 Å². The summed E-state index contributed by atoms with van der Waals surface area (Å²) in [4.78, 5) is 20.1. The standard InChI is InChI=1S/C18H26NO16P.Na/c20-5-9-11(21)13(23)16(26)18(33-9)35-36(29,30)31-6-10-12(22)14(24)15(25)17(34-10)32-8-3-1-7(2-4-8)19(27)28;/h1-4,9-18,20-26H,5-6H2,(H,29,30);. The number of hydrogen-bond donors (Lipinski definition) is 8. The number of nitro benzene ring substituents is 1. The van der Waals surface area contributed by atoms with Crippen LogP contribution in [-0.4, -0.2) is 150 Å². The number of benzene rings is 1. The van der Waals surface area contributed by atoms with Gasteiger partial charge in [0.2, 0.25) is 6.29 Å². The van der Waals surface area contributed by atoms with Crippen molar-refractivity contribution in [2.45, 2.75) is 61.4 Å². The van der Waals surface area contributed by atoms with Crippen LogP contribution in [0, 0.1) is 10.1 Å². The van der Waals surface area contributed by atoms with Gasteiger partial charge in [-0.05, 0) is 12.1 Å². The third-order valence-corrected chi connectivity index (χ3v) is 6.41. The zero-order valence-corrected chi connectivity index (χ0v) is 22.1. The molecule has 2 heterocycles. The number of nitrogens with zero attached hydrogens (tertiary/aromatic N) is 1. The zero-order valence-electron chi connectivity index (χ0n) is 19.2. The Kier molecular flexibility index (Phi) is 11.8. The first-order chi connectivity index (χ1) is 16.8. The SMILES string of the molecule is O=[N+]([O-])c1ccc(OC2OC(COP(=O)(O)OC3OC(CO)C(O)C(O)C3O)C(O)C(O)C2O)cc1.[Na]. The molecule has 11 unspecified atom stereocenters. The van der Waals surface area contributed by atoms with Gasteiger partial charge in [-0.25, -0.2) is 4.57 Å². The molecule has 0 amide bonds. The van der Waals surface area contributed by atoms with Crippen LogP contribution in [0.2, 0.25) is 0 Å². The molecule has 3 rings (SSSR count). The molecule has 1 radical (unpaired) electrons. The Morgan fingerprint density at radius 3 is 1.92 bits per heavy atom. The van der Waals surface area contributed by atoms with Gasteiger partial charge in [0.1, 0.15) is 54.6 Å².